The molecule has 0 bridgehead atoms. The number of carbonyl (C=O) groups is 1. The fourth-order valence-electron chi connectivity index (χ4n) is 2.95. The average molecular weight is 486 g/mol. The molecular weight excluding hydrogens is 458 g/mol. The molecular formula is C24H27N3O4S2. The topological polar surface area (TPSA) is 97.4 Å². The SMILES string of the molecule is CCCCCNC(=O)c1ccc(Sc2ccc(NS(=O)(=O)c3cccc(OC)c3)cc2)nc1. The number of benzene rings is 2. The number of carbonyl (C=O) groups excluding carboxylic acids is 1. The molecule has 174 valence electrons. The largest absolute Gasteiger partial charge is 0.497 e. The molecule has 1 amide bonds. The number of nitrogens with zero attached hydrogens (tertiary/aromatic N) is 1. The third-order valence-corrected chi connectivity index (χ3v) is 7.08. The molecule has 2 aromatic carbocycles. The Morgan fingerprint density at radius 2 is 1.85 bits per heavy atom. The van der Waals surface area contributed by atoms with E-state index in [9.17, 15) is 13.2 Å². The Morgan fingerprint density at radius 3 is 2.52 bits per heavy atom. The van der Waals surface area contributed by atoms with Gasteiger partial charge in [-0.25, -0.2) is 13.4 Å². The minimum absolute atomic E-state index is 0.122. The molecule has 0 saturated heterocycles. The molecule has 0 saturated carbocycles. The van der Waals surface area contributed by atoms with Crippen molar-refractivity contribution in [3.8, 4) is 5.75 Å². The van der Waals surface area contributed by atoms with Crippen LogP contribution in [0.15, 0.2) is 81.7 Å². The van der Waals surface area contributed by atoms with Crippen molar-refractivity contribution < 1.29 is 17.9 Å². The standard InChI is InChI=1S/C24H27N3O4S2/c1-3-4-5-15-25-24(28)18-9-14-23(26-17-18)32-21-12-10-19(11-13-21)27-33(29,30)22-8-6-7-20(16-22)31-2/h6-14,16-17,27H,3-5,15H2,1-2H3,(H,25,28). The van der Waals surface area contributed by atoms with Gasteiger partial charge in [0.15, 0.2) is 0 Å². The molecule has 2 N–H and O–H groups in total. The Labute approximate surface area is 199 Å². The molecule has 0 atom stereocenters. The highest BCUT2D eigenvalue weighted by atomic mass is 32.2. The van der Waals surface area contributed by atoms with E-state index in [-0.39, 0.29) is 10.8 Å². The number of ether oxygens (including phenoxy) is 1. The zero-order valence-electron chi connectivity index (χ0n) is 18.6. The van der Waals surface area contributed by atoms with E-state index >= 15 is 0 Å². The van der Waals surface area contributed by atoms with Gasteiger partial charge in [-0.15, -0.1) is 0 Å². The maximum Gasteiger partial charge on any atom is 0.262 e. The number of sulfonamides is 1. The first kappa shape index (κ1) is 24.6. The summed E-state index contributed by atoms with van der Waals surface area (Å²) in [4.78, 5) is 17.5. The van der Waals surface area contributed by atoms with Gasteiger partial charge in [0.1, 0.15) is 10.8 Å². The van der Waals surface area contributed by atoms with E-state index in [0.29, 0.717) is 23.5 Å². The van der Waals surface area contributed by atoms with Crippen LogP contribution in [0.3, 0.4) is 0 Å². The smallest absolute Gasteiger partial charge is 0.262 e. The van der Waals surface area contributed by atoms with Crippen molar-refractivity contribution in [2.24, 2.45) is 0 Å². The highest BCUT2D eigenvalue weighted by molar-refractivity contribution is 7.99. The van der Waals surface area contributed by atoms with Crippen molar-refractivity contribution in [2.75, 3.05) is 18.4 Å². The van der Waals surface area contributed by atoms with Crippen LogP contribution in [-0.2, 0) is 10.0 Å². The van der Waals surface area contributed by atoms with Gasteiger partial charge in [0.25, 0.3) is 15.9 Å². The number of nitrogens with one attached hydrogen (secondary N) is 2. The van der Waals surface area contributed by atoms with E-state index in [1.54, 1.807) is 42.6 Å². The molecule has 0 radical (unpaired) electrons. The summed E-state index contributed by atoms with van der Waals surface area (Å²) in [5, 5.41) is 3.64. The fraction of sp³-hybridized carbons (Fsp3) is 0.250. The summed E-state index contributed by atoms with van der Waals surface area (Å²) in [6, 6.07) is 16.8. The predicted octanol–water partition coefficient (Wildman–Crippen LogP) is 4.96. The van der Waals surface area contributed by atoms with E-state index in [1.807, 2.05) is 12.1 Å². The minimum Gasteiger partial charge on any atom is -0.497 e. The Hall–Kier alpha value is -3.04. The van der Waals surface area contributed by atoms with Crippen LogP contribution in [0.25, 0.3) is 0 Å². The second-order valence-corrected chi connectivity index (χ2v) is 10.0. The number of hydrogen-bond donors (Lipinski definition) is 2. The number of amides is 1. The number of pyridine rings is 1. The van der Waals surface area contributed by atoms with Crippen LogP contribution in [-0.4, -0.2) is 33.0 Å². The molecule has 1 heterocycles. The Kier molecular flexibility index (Phi) is 8.73. The second kappa shape index (κ2) is 11.7. The molecule has 1 aromatic heterocycles. The summed E-state index contributed by atoms with van der Waals surface area (Å²) >= 11 is 1.42. The lowest BCUT2D eigenvalue weighted by Gasteiger charge is -2.10. The zero-order valence-corrected chi connectivity index (χ0v) is 20.2. The molecule has 0 spiro atoms. The molecule has 7 nitrogen and oxygen atoms in total. The third kappa shape index (κ3) is 7.23. The summed E-state index contributed by atoms with van der Waals surface area (Å²) < 4.78 is 32.9. The van der Waals surface area contributed by atoms with Crippen LogP contribution in [0.5, 0.6) is 5.75 Å². The number of aromatic nitrogens is 1. The van der Waals surface area contributed by atoms with Gasteiger partial charge in [-0.05, 0) is 55.0 Å². The lowest BCUT2D eigenvalue weighted by atomic mass is 10.2. The normalized spacial score (nSPS) is 11.1. The van der Waals surface area contributed by atoms with Gasteiger partial charge in [-0.3, -0.25) is 9.52 Å². The maximum absolute atomic E-state index is 12.6. The minimum atomic E-state index is -3.73. The number of unbranched alkanes of at least 4 members (excludes halogenated alkanes) is 2. The summed E-state index contributed by atoms with van der Waals surface area (Å²) in [6.45, 7) is 2.79. The monoisotopic (exact) mass is 485 g/mol. The van der Waals surface area contributed by atoms with Gasteiger partial charge in [-0.1, -0.05) is 37.6 Å². The van der Waals surface area contributed by atoms with Crippen molar-refractivity contribution in [1.29, 1.82) is 0 Å². The number of rotatable bonds is 11. The highest BCUT2D eigenvalue weighted by Crippen LogP contribution is 2.28. The van der Waals surface area contributed by atoms with Crippen molar-refractivity contribution in [3.05, 3.63) is 72.4 Å². The second-order valence-electron chi connectivity index (χ2n) is 7.26. The van der Waals surface area contributed by atoms with Crippen molar-refractivity contribution in [1.82, 2.24) is 10.3 Å². The molecule has 33 heavy (non-hydrogen) atoms. The van der Waals surface area contributed by atoms with E-state index in [4.69, 9.17) is 4.74 Å². The zero-order chi connectivity index (χ0) is 23.7. The first-order valence-corrected chi connectivity index (χ1v) is 12.9. The van der Waals surface area contributed by atoms with Crippen LogP contribution in [0.4, 0.5) is 5.69 Å². The molecule has 9 heteroatoms. The van der Waals surface area contributed by atoms with E-state index in [2.05, 4.69) is 21.9 Å². The average Bonchev–Trinajstić information content (AvgIpc) is 2.83. The lowest BCUT2D eigenvalue weighted by molar-refractivity contribution is 0.0952. The van der Waals surface area contributed by atoms with Gasteiger partial charge in [0, 0.05) is 29.4 Å². The van der Waals surface area contributed by atoms with Crippen molar-refractivity contribution in [2.45, 2.75) is 41.0 Å². The Balaban J connectivity index is 1.58. The van der Waals surface area contributed by atoms with E-state index in [0.717, 1.165) is 29.2 Å². The molecule has 3 aromatic rings. The Bertz CT molecular complexity index is 1170. The summed E-state index contributed by atoms with van der Waals surface area (Å²) in [7, 11) is -2.24. The maximum atomic E-state index is 12.6. The molecule has 0 aliphatic rings. The molecule has 0 aliphatic heterocycles. The van der Waals surface area contributed by atoms with Crippen LogP contribution < -0.4 is 14.8 Å². The van der Waals surface area contributed by atoms with Crippen LogP contribution in [0.1, 0.15) is 36.5 Å². The number of methoxy groups -OCH3 is 1. The van der Waals surface area contributed by atoms with Gasteiger partial charge in [-0.2, -0.15) is 0 Å². The molecule has 0 fully saturated rings. The fourth-order valence-corrected chi connectivity index (χ4v) is 4.80. The third-order valence-electron chi connectivity index (χ3n) is 4.74. The molecule has 3 rings (SSSR count). The number of hydrogen-bond acceptors (Lipinski definition) is 6. The van der Waals surface area contributed by atoms with Crippen LogP contribution in [0, 0.1) is 0 Å². The lowest BCUT2D eigenvalue weighted by Crippen LogP contribution is -2.24. The van der Waals surface area contributed by atoms with Crippen LogP contribution >= 0.6 is 11.8 Å². The van der Waals surface area contributed by atoms with Gasteiger partial charge < -0.3 is 10.1 Å². The number of anilines is 1. The summed E-state index contributed by atoms with van der Waals surface area (Å²) in [6.07, 6.45) is 4.73. The summed E-state index contributed by atoms with van der Waals surface area (Å²) in [5.74, 6) is 0.347. The van der Waals surface area contributed by atoms with Gasteiger partial charge in [0.2, 0.25) is 0 Å². The van der Waals surface area contributed by atoms with E-state index in [1.165, 1.54) is 31.0 Å². The van der Waals surface area contributed by atoms with Crippen molar-refractivity contribution >= 4 is 33.4 Å². The van der Waals surface area contributed by atoms with Crippen LogP contribution in [0.2, 0.25) is 0 Å². The predicted molar refractivity (Wildman–Crippen MR) is 130 cm³/mol. The molecule has 0 aliphatic carbocycles. The summed E-state index contributed by atoms with van der Waals surface area (Å²) in [5.41, 5.74) is 0.975. The Morgan fingerprint density at radius 1 is 1.06 bits per heavy atom. The first-order valence-electron chi connectivity index (χ1n) is 10.6. The van der Waals surface area contributed by atoms with Gasteiger partial charge >= 0.3 is 0 Å². The quantitative estimate of drug-likeness (QED) is 0.373. The molecule has 0 unspecified atom stereocenters. The highest BCUT2D eigenvalue weighted by Gasteiger charge is 2.15. The van der Waals surface area contributed by atoms with Gasteiger partial charge in [0.05, 0.1) is 17.6 Å². The first-order chi connectivity index (χ1) is 15.9. The van der Waals surface area contributed by atoms with E-state index < -0.39 is 10.0 Å². The van der Waals surface area contributed by atoms with Crippen molar-refractivity contribution in [3.63, 3.8) is 0 Å².